The van der Waals surface area contributed by atoms with Gasteiger partial charge in [0.05, 0.1) is 22.4 Å². The Hall–Kier alpha value is -5.07. The summed E-state index contributed by atoms with van der Waals surface area (Å²) in [4.78, 5) is 9.72. The van der Waals surface area contributed by atoms with Crippen LogP contribution in [0.5, 0.6) is 0 Å². The molecule has 0 amide bonds. The molecule has 0 aliphatic heterocycles. The van der Waals surface area contributed by atoms with Crippen molar-refractivity contribution in [2.75, 3.05) is 0 Å². The number of rotatable bonds is 7. The zero-order chi connectivity index (χ0) is 47.5. The maximum absolute atomic E-state index is 8.60. The molecule has 0 saturated heterocycles. The number of hydrogen-bond donors (Lipinski definition) is 0. The van der Waals surface area contributed by atoms with Crippen LogP contribution in [0.4, 0.5) is 0 Å². The molecule has 9 rings (SSSR count). The maximum atomic E-state index is 8.60. The molecule has 1 radical (unpaired) electrons. The second kappa shape index (κ2) is 18.0. The van der Waals surface area contributed by atoms with Gasteiger partial charge in [-0.3, -0.25) is 4.98 Å². The minimum absolute atomic E-state index is 0. The van der Waals surface area contributed by atoms with Crippen LogP contribution in [0.25, 0.3) is 72.4 Å². The molecular formula is C56H57GeIrN3O-2. The zero-order valence-electron chi connectivity index (χ0n) is 42.3. The molecule has 0 aliphatic rings. The van der Waals surface area contributed by atoms with Gasteiger partial charge in [0, 0.05) is 31.2 Å². The van der Waals surface area contributed by atoms with Gasteiger partial charge < -0.3 is 8.98 Å². The number of fused-ring (bicyclic) bond motifs is 4. The number of imidazole rings is 1. The van der Waals surface area contributed by atoms with Crippen molar-refractivity contribution in [1.82, 2.24) is 14.5 Å². The van der Waals surface area contributed by atoms with Crippen LogP contribution in [0.1, 0.15) is 69.3 Å². The van der Waals surface area contributed by atoms with Crippen LogP contribution >= 0.6 is 0 Å². The molecule has 6 heteroatoms. The molecule has 0 fully saturated rings. The summed E-state index contributed by atoms with van der Waals surface area (Å²) < 4.78 is 49.2. The van der Waals surface area contributed by atoms with Crippen LogP contribution in [0.3, 0.4) is 0 Å². The molecule has 3 aromatic heterocycles. The third-order valence-electron chi connectivity index (χ3n) is 11.2. The van der Waals surface area contributed by atoms with E-state index in [0.717, 1.165) is 54.4 Å². The minimum atomic E-state index is -2.32. The maximum Gasteiger partial charge on any atom is 0 e. The van der Waals surface area contributed by atoms with E-state index < -0.39 is 26.5 Å². The predicted molar refractivity (Wildman–Crippen MR) is 261 cm³/mol. The van der Waals surface area contributed by atoms with Gasteiger partial charge in [-0.15, -0.1) is 23.8 Å². The van der Waals surface area contributed by atoms with Crippen molar-refractivity contribution in [3.63, 3.8) is 0 Å². The largest absolute Gasteiger partial charge is 0 e. The number of hydrogen-bond acceptors (Lipinski definition) is 3. The first kappa shape index (κ1) is 38.6. The van der Waals surface area contributed by atoms with E-state index in [0.29, 0.717) is 16.8 Å². The Morgan fingerprint density at radius 2 is 1.48 bits per heavy atom. The molecule has 0 atom stereocenters. The molecule has 0 spiro atoms. The fourth-order valence-electron chi connectivity index (χ4n) is 7.91. The van der Waals surface area contributed by atoms with Gasteiger partial charge in [-0.1, -0.05) is 74.7 Å². The van der Waals surface area contributed by atoms with Crippen LogP contribution in [-0.2, 0) is 31.9 Å². The molecule has 62 heavy (non-hydrogen) atoms. The summed E-state index contributed by atoms with van der Waals surface area (Å²) >= 11 is -2.32. The average Bonchev–Trinajstić information content (AvgIpc) is 3.83. The summed E-state index contributed by atoms with van der Waals surface area (Å²) in [5.74, 6) is 7.40. The van der Waals surface area contributed by atoms with Gasteiger partial charge in [0.15, 0.2) is 0 Å². The zero-order valence-corrected chi connectivity index (χ0v) is 41.8. The second-order valence-electron chi connectivity index (χ2n) is 18.4. The molecule has 0 saturated carbocycles. The molecule has 3 heterocycles. The van der Waals surface area contributed by atoms with E-state index in [9.17, 15) is 0 Å². The summed E-state index contributed by atoms with van der Waals surface area (Å²) in [5, 5.41) is 2.21. The number of nitrogens with zero attached hydrogens (tertiary/aromatic N) is 3. The minimum Gasteiger partial charge on any atom is 0 e. The first-order valence-electron chi connectivity index (χ1n) is 23.6. The Kier molecular flexibility index (Phi) is 11.2. The Morgan fingerprint density at radius 1 is 0.774 bits per heavy atom. The number of aromatic nitrogens is 3. The molecular weight excluding hydrogens is 995 g/mol. The topological polar surface area (TPSA) is 43.9 Å². The van der Waals surface area contributed by atoms with E-state index in [2.05, 4.69) is 159 Å². The van der Waals surface area contributed by atoms with E-state index >= 15 is 0 Å². The third-order valence-corrected chi connectivity index (χ3v) is 15.4. The molecule has 9 aromatic rings. The molecule has 0 aliphatic carbocycles. The van der Waals surface area contributed by atoms with Gasteiger partial charge >= 0.3 is 139 Å². The number of para-hydroxylation sites is 2. The van der Waals surface area contributed by atoms with Gasteiger partial charge in [0.1, 0.15) is 5.58 Å². The van der Waals surface area contributed by atoms with Crippen molar-refractivity contribution in [3.8, 4) is 39.5 Å². The number of pyridine rings is 1. The summed E-state index contributed by atoms with van der Waals surface area (Å²) in [7, 11) is 0. The van der Waals surface area contributed by atoms with Gasteiger partial charge in [-0.05, 0) is 83.5 Å². The Bertz CT molecular complexity index is 3230. The SMILES string of the molecule is Cc1cc2oc3c[c-]c(-c4nc5ccccc5n4-c4ccc(-c5ccccc5)cc4C(C)(C)C)cc3c2cc1C.[2H]C([2H])([2H])c1c[c-]c(-c2cc(C([2H])([2H])C(C)C)[c]([Ge]([CH3])([CH3])[CH3])cn2)cc1.[Ir]. The molecule has 317 valence electrons. The van der Waals surface area contributed by atoms with Crippen LogP contribution in [0, 0.1) is 38.8 Å². The van der Waals surface area contributed by atoms with Gasteiger partial charge in [0.25, 0.3) is 0 Å². The normalized spacial score (nSPS) is 13.5. The van der Waals surface area contributed by atoms with E-state index in [4.69, 9.17) is 16.3 Å². The fraction of sp³-hybridized carbons (Fsp3) is 0.250. The van der Waals surface area contributed by atoms with Crippen molar-refractivity contribution in [3.05, 3.63) is 167 Å². The van der Waals surface area contributed by atoms with Crippen LogP contribution in [0.2, 0.25) is 17.3 Å². The quantitative estimate of drug-likeness (QED) is 0.118. The summed E-state index contributed by atoms with van der Waals surface area (Å²) in [5.41, 5.74) is 14.2. The van der Waals surface area contributed by atoms with Crippen LogP contribution in [0.15, 0.2) is 132 Å². The third kappa shape index (κ3) is 9.32. The standard InChI is InChI=1S/C37H31N2O.C19H26GeN.Ir/c1-23-19-28-29-21-27(16-18-34(29)40-35(28)20-24(23)2)36-38-31-13-9-10-14-33(31)39(36)32-17-15-26(22-30(32)37(3,4)5)25-11-7-6-8-12-25;1-14(2)11-17-12-19(16-9-7-15(3)8-10-16)21-13-18(17)20(4,5)6;/h6-15,17-22H,1-5H3;7-9,12-14H,11H2,1-6H3;/q2*-1;/i;3D3,11D2;. The number of aryl methyl sites for hydroxylation is 3. The first-order chi connectivity index (χ1) is 31.0. The van der Waals surface area contributed by atoms with Crippen molar-refractivity contribution in [2.24, 2.45) is 5.92 Å². The van der Waals surface area contributed by atoms with E-state index in [1.165, 1.54) is 33.9 Å². The van der Waals surface area contributed by atoms with E-state index in [1.807, 2.05) is 38.2 Å². The van der Waals surface area contributed by atoms with Crippen molar-refractivity contribution in [1.29, 1.82) is 0 Å². The molecule has 0 unspecified atom stereocenters. The molecule has 0 bridgehead atoms. The number of furan rings is 1. The monoisotopic (exact) mass is 1060 g/mol. The Labute approximate surface area is 391 Å². The first-order valence-corrected chi connectivity index (χ1v) is 28.4. The predicted octanol–water partition coefficient (Wildman–Crippen LogP) is 14.6. The van der Waals surface area contributed by atoms with Gasteiger partial charge in [0.2, 0.25) is 0 Å². The van der Waals surface area contributed by atoms with E-state index in [1.54, 1.807) is 12.1 Å². The smallest absolute Gasteiger partial charge is 0 e. The van der Waals surface area contributed by atoms with Crippen molar-refractivity contribution >= 4 is 50.6 Å². The Morgan fingerprint density at radius 3 is 2.18 bits per heavy atom. The fourth-order valence-corrected chi connectivity index (χ4v) is 10.9. The van der Waals surface area contributed by atoms with Gasteiger partial charge in [-0.25, -0.2) is 0 Å². The molecule has 4 nitrogen and oxygen atoms in total. The van der Waals surface area contributed by atoms with Crippen LogP contribution < -0.4 is 4.40 Å². The molecule has 0 N–H and O–H groups in total. The van der Waals surface area contributed by atoms with E-state index in [-0.39, 0.29) is 37.0 Å². The van der Waals surface area contributed by atoms with Gasteiger partial charge in [-0.2, -0.15) is 0 Å². The molecule has 6 aromatic carbocycles. The number of benzene rings is 6. The summed E-state index contributed by atoms with van der Waals surface area (Å²) in [6.45, 7) is 12.7. The van der Waals surface area contributed by atoms with Crippen molar-refractivity contribution < 1.29 is 31.4 Å². The summed E-state index contributed by atoms with van der Waals surface area (Å²) in [6.07, 6.45) is 0.362. The van der Waals surface area contributed by atoms with Crippen LogP contribution in [-0.4, -0.2) is 27.8 Å². The average molecular weight is 1060 g/mol. The second-order valence-corrected chi connectivity index (χ2v) is 29.0. The van der Waals surface area contributed by atoms with Crippen molar-refractivity contribution in [2.45, 2.75) is 84.4 Å². The Balaban J connectivity index is 0.000000216. The summed E-state index contributed by atoms with van der Waals surface area (Å²) in [6, 6.07) is 47.3.